The summed E-state index contributed by atoms with van der Waals surface area (Å²) in [6.45, 7) is 20.2. The molecule has 0 N–H and O–H groups in total. The molecule has 0 radical (unpaired) electrons. The van der Waals surface area contributed by atoms with E-state index in [1.807, 2.05) is 97.1 Å². The van der Waals surface area contributed by atoms with Crippen LogP contribution in [0.25, 0.3) is 19.6 Å². The van der Waals surface area contributed by atoms with Gasteiger partial charge in [-0.2, -0.15) is 19.6 Å². The third-order valence-electron chi connectivity index (χ3n) is 8.71. The molecule has 314 valence electrons. The molecule has 4 aromatic rings. The molecule has 57 heavy (non-hydrogen) atoms. The summed E-state index contributed by atoms with van der Waals surface area (Å²) in [5.41, 5.74) is 3.55. The third-order valence-corrected chi connectivity index (χ3v) is 10.7. The van der Waals surface area contributed by atoms with Crippen LogP contribution in [0.5, 0.6) is 23.0 Å². The molecule has 4 nitrogen and oxygen atoms in total. The molecular formula is C48H60NiO4S4-4. The predicted molar refractivity (Wildman–Crippen MR) is 249 cm³/mol. The van der Waals surface area contributed by atoms with Crippen LogP contribution in [0.3, 0.4) is 0 Å². The molecule has 9 heteroatoms. The van der Waals surface area contributed by atoms with E-state index in [1.54, 1.807) is 0 Å². The first-order valence-corrected chi connectivity index (χ1v) is 21.5. The summed E-state index contributed by atoms with van der Waals surface area (Å²) in [5, 5.41) is 0. The second-order valence-corrected chi connectivity index (χ2v) is 17.1. The average molecular weight is 888 g/mol. The largest absolute Gasteiger partial charge is 0.780 e. The molecule has 0 aliphatic carbocycles. The molecule has 0 aromatic heterocycles. The molecule has 0 atom stereocenters. The fourth-order valence-corrected chi connectivity index (χ4v) is 6.17. The Morgan fingerprint density at radius 2 is 0.702 bits per heavy atom. The van der Waals surface area contributed by atoms with E-state index in [1.165, 1.54) is 0 Å². The van der Waals surface area contributed by atoms with E-state index in [4.69, 9.17) is 69.5 Å². The summed E-state index contributed by atoms with van der Waals surface area (Å²) in [4.78, 5) is 2.55. The molecule has 0 saturated heterocycles. The van der Waals surface area contributed by atoms with E-state index in [2.05, 4.69) is 55.4 Å². The molecule has 0 amide bonds. The van der Waals surface area contributed by atoms with Crippen molar-refractivity contribution in [3.8, 4) is 23.0 Å². The van der Waals surface area contributed by atoms with Gasteiger partial charge >= 0.3 is 0 Å². The minimum Gasteiger partial charge on any atom is -0.780 e. The SMILES string of the molecule is CC(C)CCOc1ccc(OCCC(C)C)c(/C([S-])=C(/[S-])c2ccccc2)c1.CC(C)CCOc1ccc(OCCC(C)C)c(/C([S-])=C(/[S-])c2ccccc2)c1.[Ni]. The van der Waals surface area contributed by atoms with Crippen LogP contribution in [-0.2, 0) is 67.0 Å². The zero-order chi connectivity index (χ0) is 41.0. The van der Waals surface area contributed by atoms with Crippen LogP contribution in [0.15, 0.2) is 97.1 Å². The predicted octanol–water partition coefficient (Wildman–Crippen LogP) is 12.9. The third kappa shape index (κ3) is 18.2. The van der Waals surface area contributed by atoms with Gasteiger partial charge in [-0.05, 0) is 108 Å². The van der Waals surface area contributed by atoms with Crippen molar-refractivity contribution in [2.45, 2.75) is 81.1 Å². The molecule has 0 spiro atoms. The maximum atomic E-state index is 6.05. The Hall–Kier alpha value is -3.07. The fourth-order valence-electron chi connectivity index (χ4n) is 5.12. The van der Waals surface area contributed by atoms with Crippen molar-refractivity contribution in [1.29, 1.82) is 0 Å². The normalized spacial score (nSPS) is 12.0. The molecule has 0 heterocycles. The topological polar surface area (TPSA) is 36.9 Å². The van der Waals surface area contributed by atoms with Crippen molar-refractivity contribution in [1.82, 2.24) is 0 Å². The summed E-state index contributed by atoms with van der Waals surface area (Å²) in [6.07, 6.45) is 3.99. The van der Waals surface area contributed by atoms with E-state index < -0.39 is 0 Å². The van der Waals surface area contributed by atoms with Gasteiger partial charge in [0.2, 0.25) is 0 Å². The zero-order valence-corrected chi connectivity index (χ0v) is 39.0. The van der Waals surface area contributed by atoms with E-state index in [9.17, 15) is 0 Å². The Morgan fingerprint density at radius 3 is 1.00 bits per heavy atom. The van der Waals surface area contributed by atoms with E-state index in [0.29, 0.717) is 69.7 Å². The summed E-state index contributed by atoms with van der Waals surface area (Å²) in [7, 11) is 0. The first-order valence-electron chi connectivity index (χ1n) is 19.8. The summed E-state index contributed by atoms with van der Waals surface area (Å²) in [5.74, 6) is 5.49. The molecule has 0 saturated carbocycles. The Bertz CT molecular complexity index is 1680. The monoisotopic (exact) mass is 886 g/mol. The van der Waals surface area contributed by atoms with Crippen LogP contribution < -0.4 is 18.9 Å². The van der Waals surface area contributed by atoms with E-state index in [0.717, 1.165) is 70.9 Å². The van der Waals surface area contributed by atoms with Crippen LogP contribution in [-0.4, -0.2) is 26.4 Å². The van der Waals surface area contributed by atoms with E-state index in [-0.39, 0.29) is 16.5 Å². The quantitative estimate of drug-likeness (QED) is 0.0494. The Balaban J connectivity index is 0.000000387. The number of hydrogen-bond acceptors (Lipinski definition) is 8. The molecule has 4 rings (SSSR count). The second kappa shape index (κ2) is 26.8. The maximum absolute atomic E-state index is 6.05. The molecule has 0 aliphatic heterocycles. The van der Waals surface area contributed by atoms with Crippen molar-refractivity contribution in [3.63, 3.8) is 0 Å². The minimum atomic E-state index is 0. The average Bonchev–Trinajstić information content (AvgIpc) is 3.18. The van der Waals surface area contributed by atoms with Gasteiger partial charge in [0.1, 0.15) is 23.0 Å². The van der Waals surface area contributed by atoms with Crippen LogP contribution in [0.1, 0.15) is 103 Å². The maximum Gasteiger partial charge on any atom is 0.125 e. The van der Waals surface area contributed by atoms with Gasteiger partial charge in [0.25, 0.3) is 0 Å². The Labute approximate surface area is 376 Å². The van der Waals surface area contributed by atoms with Crippen LogP contribution >= 0.6 is 0 Å². The smallest absolute Gasteiger partial charge is 0.125 e. The molecule has 0 aliphatic rings. The van der Waals surface area contributed by atoms with Crippen molar-refractivity contribution in [2.24, 2.45) is 23.7 Å². The standard InChI is InChI=1S/2C24H32O2S2.Ni/c2*1-17(2)12-14-25-20-10-11-22(26-15-13-18(3)4)21(16-20)24(28)23(27)19-8-6-5-7-9-19;/h2*5-11,16-18,27-28H,12-15H2,1-4H3;/p-4/b2*24-23-;. The van der Waals surface area contributed by atoms with Gasteiger partial charge in [0.15, 0.2) is 0 Å². The van der Waals surface area contributed by atoms with Gasteiger partial charge in [0.05, 0.1) is 26.4 Å². The molecule has 0 unspecified atom stereocenters. The van der Waals surface area contributed by atoms with Crippen molar-refractivity contribution >= 4 is 70.1 Å². The fraction of sp³-hybridized carbons (Fsp3) is 0.417. The van der Waals surface area contributed by atoms with Gasteiger partial charge in [-0.3, -0.25) is 0 Å². The zero-order valence-electron chi connectivity index (χ0n) is 34.8. The summed E-state index contributed by atoms with van der Waals surface area (Å²) in [6, 6.07) is 31.5. The molecule has 0 fully saturated rings. The number of hydrogen-bond donors (Lipinski definition) is 0. The molecule has 4 aromatic carbocycles. The van der Waals surface area contributed by atoms with Crippen LogP contribution in [0.4, 0.5) is 0 Å². The van der Waals surface area contributed by atoms with Crippen molar-refractivity contribution in [2.75, 3.05) is 26.4 Å². The van der Waals surface area contributed by atoms with Gasteiger partial charge in [-0.1, -0.05) is 116 Å². The summed E-state index contributed by atoms with van der Waals surface area (Å²) >= 11 is 22.8. The van der Waals surface area contributed by atoms with Gasteiger partial charge in [0, 0.05) is 16.5 Å². The second-order valence-electron chi connectivity index (χ2n) is 15.5. The van der Waals surface area contributed by atoms with Crippen LogP contribution in [0, 0.1) is 23.7 Å². The van der Waals surface area contributed by atoms with Crippen molar-refractivity contribution in [3.05, 3.63) is 119 Å². The first kappa shape index (κ1) is 50.1. The van der Waals surface area contributed by atoms with Crippen molar-refractivity contribution < 1.29 is 35.4 Å². The molecule has 0 bridgehead atoms. The Kier molecular flexibility index (Phi) is 23.6. The minimum absolute atomic E-state index is 0. The molecular weight excluding hydrogens is 827 g/mol. The van der Waals surface area contributed by atoms with Gasteiger partial charge in [-0.25, -0.2) is 0 Å². The number of ether oxygens (including phenoxy) is 4. The number of rotatable bonds is 20. The van der Waals surface area contributed by atoms with Gasteiger partial charge in [-0.15, -0.1) is 0 Å². The van der Waals surface area contributed by atoms with E-state index >= 15 is 0 Å². The van der Waals surface area contributed by atoms with Gasteiger partial charge < -0.3 is 69.5 Å². The Morgan fingerprint density at radius 1 is 0.404 bits per heavy atom. The van der Waals surface area contributed by atoms with Crippen LogP contribution in [0.2, 0.25) is 0 Å². The summed E-state index contributed by atoms with van der Waals surface area (Å²) < 4.78 is 24.0. The number of benzene rings is 4. The first-order chi connectivity index (χ1) is 26.8.